The summed E-state index contributed by atoms with van der Waals surface area (Å²) in [5.41, 5.74) is 0.174. The van der Waals surface area contributed by atoms with Crippen LogP contribution in [0.1, 0.15) is 54.4 Å². The summed E-state index contributed by atoms with van der Waals surface area (Å²) in [4.78, 5) is 0. The number of hydrogen-bond donors (Lipinski definition) is 1. The Balaban J connectivity index is 4.36. The van der Waals surface area contributed by atoms with Gasteiger partial charge in [0.05, 0.1) is 5.75 Å². The van der Waals surface area contributed by atoms with Crippen LogP contribution in [0.15, 0.2) is 0 Å². The lowest BCUT2D eigenvalue weighted by Gasteiger charge is -2.35. The van der Waals surface area contributed by atoms with Gasteiger partial charge in [-0.15, -0.1) is 0 Å². The van der Waals surface area contributed by atoms with Crippen molar-refractivity contribution < 1.29 is 8.42 Å². The fraction of sp³-hybridized carbons (Fsp3) is 1.00. The third kappa shape index (κ3) is 6.74. The highest BCUT2D eigenvalue weighted by Gasteiger charge is 2.28. The van der Waals surface area contributed by atoms with Crippen LogP contribution in [0.5, 0.6) is 0 Å². The van der Waals surface area contributed by atoms with Crippen molar-refractivity contribution in [2.75, 3.05) is 18.1 Å². The van der Waals surface area contributed by atoms with Gasteiger partial charge in [0.15, 0.2) is 0 Å². The summed E-state index contributed by atoms with van der Waals surface area (Å²) in [5, 5.41) is 3.48. The molecule has 0 aromatic carbocycles. The number of nitrogens with one attached hydrogen (secondary N) is 1. The molecule has 18 heavy (non-hydrogen) atoms. The van der Waals surface area contributed by atoms with Crippen molar-refractivity contribution in [2.45, 2.75) is 60.4 Å². The minimum absolute atomic E-state index is 0.174. The summed E-state index contributed by atoms with van der Waals surface area (Å²) in [6, 6.07) is 0.474. The molecule has 110 valence electrons. The fourth-order valence-electron chi connectivity index (χ4n) is 1.86. The monoisotopic (exact) mass is 277 g/mol. The van der Waals surface area contributed by atoms with Crippen molar-refractivity contribution in [2.24, 2.45) is 11.3 Å². The predicted molar refractivity (Wildman–Crippen MR) is 79.6 cm³/mol. The van der Waals surface area contributed by atoms with E-state index in [4.69, 9.17) is 0 Å². The van der Waals surface area contributed by atoms with Gasteiger partial charge in [-0.25, -0.2) is 8.42 Å². The molecule has 0 radical (unpaired) electrons. The van der Waals surface area contributed by atoms with Gasteiger partial charge in [-0.1, -0.05) is 41.5 Å². The van der Waals surface area contributed by atoms with Crippen LogP contribution in [0.2, 0.25) is 0 Å². The average molecular weight is 277 g/mol. The second-order valence-electron chi connectivity index (χ2n) is 6.18. The van der Waals surface area contributed by atoms with E-state index in [0.717, 1.165) is 19.4 Å². The van der Waals surface area contributed by atoms with Gasteiger partial charge in [-0.2, -0.15) is 0 Å². The van der Waals surface area contributed by atoms with E-state index in [1.165, 1.54) is 0 Å². The quantitative estimate of drug-likeness (QED) is 0.705. The van der Waals surface area contributed by atoms with Gasteiger partial charge in [0.2, 0.25) is 0 Å². The van der Waals surface area contributed by atoms with Crippen LogP contribution in [-0.2, 0) is 9.84 Å². The SMILES string of the molecule is CCS(=O)(=O)CCCC(C)(CNC(C)C)C(C)C. The van der Waals surface area contributed by atoms with E-state index >= 15 is 0 Å². The molecule has 0 heterocycles. The molecule has 1 N–H and O–H groups in total. The topological polar surface area (TPSA) is 46.2 Å². The summed E-state index contributed by atoms with van der Waals surface area (Å²) in [5.74, 6) is 1.14. The van der Waals surface area contributed by atoms with Crippen LogP contribution in [0.25, 0.3) is 0 Å². The Bertz CT molecular complexity index is 323. The molecule has 0 fully saturated rings. The maximum atomic E-state index is 11.5. The van der Waals surface area contributed by atoms with Gasteiger partial charge in [0, 0.05) is 18.3 Å². The molecule has 0 aromatic heterocycles. The van der Waals surface area contributed by atoms with Gasteiger partial charge >= 0.3 is 0 Å². The third-order valence-electron chi connectivity index (χ3n) is 3.95. The van der Waals surface area contributed by atoms with Gasteiger partial charge in [-0.05, 0) is 24.2 Å². The Labute approximate surface area is 114 Å². The Hall–Kier alpha value is -0.0900. The molecule has 0 bridgehead atoms. The fourth-order valence-corrected chi connectivity index (χ4v) is 2.73. The average Bonchev–Trinajstić information content (AvgIpc) is 2.26. The highest BCUT2D eigenvalue weighted by atomic mass is 32.2. The lowest BCUT2D eigenvalue weighted by Crippen LogP contribution is -2.39. The Morgan fingerprint density at radius 3 is 2.11 bits per heavy atom. The molecule has 0 saturated heterocycles. The Morgan fingerprint density at radius 1 is 1.17 bits per heavy atom. The molecular weight excluding hydrogens is 246 g/mol. The minimum atomic E-state index is -2.82. The molecule has 0 aliphatic heterocycles. The Kier molecular flexibility index (Phi) is 7.45. The van der Waals surface area contributed by atoms with E-state index in [-0.39, 0.29) is 11.2 Å². The molecule has 1 unspecified atom stereocenters. The zero-order chi connectivity index (χ0) is 14.4. The van der Waals surface area contributed by atoms with Crippen molar-refractivity contribution in [3.05, 3.63) is 0 Å². The Morgan fingerprint density at radius 2 is 1.72 bits per heavy atom. The van der Waals surface area contributed by atoms with Gasteiger partial charge in [-0.3, -0.25) is 0 Å². The van der Waals surface area contributed by atoms with E-state index in [0.29, 0.717) is 17.7 Å². The van der Waals surface area contributed by atoms with Crippen LogP contribution in [-0.4, -0.2) is 32.5 Å². The van der Waals surface area contributed by atoms with Crippen molar-refractivity contribution in [1.29, 1.82) is 0 Å². The third-order valence-corrected chi connectivity index (χ3v) is 5.74. The van der Waals surface area contributed by atoms with Crippen molar-refractivity contribution in [3.63, 3.8) is 0 Å². The first-order valence-electron chi connectivity index (χ1n) is 7.07. The highest BCUT2D eigenvalue weighted by molar-refractivity contribution is 7.91. The van der Waals surface area contributed by atoms with Crippen LogP contribution in [0, 0.1) is 11.3 Å². The minimum Gasteiger partial charge on any atom is -0.314 e. The molecule has 0 amide bonds. The van der Waals surface area contributed by atoms with E-state index in [9.17, 15) is 8.42 Å². The molecule has 3 nitrogen and oxygen atoms in total. The standard InChI is InChI=1S/C14H31NO2S/c1-7-18(16,17)10-8-9-14(6,12(2)3)11-15-13(4)5/h12-13,15H,7-11H2,1-6H3. The van der Waals surface area contributed by atoms with Gasteiger partial charge < -0.3 is 5.32 Å². The summed E-state index contributed by atoms with van der Waals surface area (Å²) in [7, 11) is -2.82. The maximum Gasteiger partial charge on any atom is 0.150 e. The molecule has 0 aliphatic carbocycles. The summed E-state index contributed by atoms with van der Waals surface area (Å²) >= 11 is 0. The van der Waals surface area contributed by atoms with Crippen molar-refractivity contribution in [1.82, 2.24) is 5.32 Å². The summed E-state index contributed by atoms with van der Waals surface area (Å²) < 4.78 is 23.0. The molecule has 0 rings (SSSR count). The van der Waals surface area contributed by atoms with Crippen molar-refractivity contribution >= 4 is 9.84 Å². The maximum absolute atomic E-state index is 11.5. The van der Waals surface area contributed by atoms with Gasteiger partial charge in [0.25, 0.3) is 0 Å². The zero-order valence-corrected chi connectivity index (χ0v) is 13.7. The van der Waals surface area contributed by atoms with Crippen molar-refractivity contribution in [3.8, 4) is 0 Å². The molecule has 0 saturated carbocycles. The van der Waals surface area contributed by atoms with E-state index < -0.39 is 9.84 Å². The van der Waals surface area contributed by atoms with Crippen LogP contribution < -0.4 is 5.32 Å². The smallest absolute Gasteiger partial charge is 0.150 e. The van der Waals surface area contributed by atoms with E-state index in [1.54, 1.807) is 6.92 Å². The normalized spacial score (nSPS) is 16.2. The zero-order valence-electron chi connectivity index (χ0n) is 12.9. The van der Waals surface area contributed by atoms with Crippen LogP contribution in [0.4, 0.5) is 0 Å². The first kappa shape index (κ1) is 17.9. The number of hydrogen-bond acceptors (Lipinski definition) is 3. The highest BCUT2D eigenvalue weighted by Crippen LogP contribution is 2.32. The number of rotatable bonds is 9. The first-order valence-corrected chi connectivity index (χ1v) is 8.89. The summed E-state index contributed by atoms with van der Waals surface area (Å²) in [6.45, 7) is 13.6. The molecule has 0 aliphatic rings. The lowest BCUT2D eigenvalue weighted by atomic mass is 9.75. The molecule has 4 heteroatoms. The van der Waals surface area contributed by atoms with Crippen LogP contribution >= 0.6 is 0 Å². The molecule has 0 spiro atoms. The molecule has 1 atom stereocenters. The van der Waals surface area contributed by atoms with E-state index in [1.807, 2.05) is 0 Å². The second-order valence-corrected chi connectivity index (χ2v) is 8.66. The largest absolute Gasteiger partial charge is 0.314 e. The first-order chi connectivity index (χ1) is 8.13. The number of sulfone groups is 1. The second kappa shape index (κ2) is 7.49. The van der Waals surface area contributed by atoms with Gasteiger partial charge in [0.1, 0.15) is 9.84 Å². The molecular formula is C14H31NO2S. The summed E-state index contributed by atoms with van der Waals surface area (Å²) in [6.07, 6.45) is 1.73. The lowest BCUT2D eigenvalue weighted by molar-refractivity contribution is 0.185. The molecule has 0 aromatic rings. The van der Waals surface area contributed by atoms with Crippen LogP contribution in [0.3, 0.4) is 0 Å². The predicted octanol–water partition coefficient (Wildman–Crippen LogP) is 2.86. The van der Waals surface area contributed by atoms with E-state index in [2.05, 4.69) is 39.9 Å².